The van der Waals surface area contributed by atoms with Crippen LogP contribution in [-0.4, -0.2) is 36.5 Å². The molecule has 0 heterocycles. The molecule has 15 heavy (non-hydrogen) atoms. The number of nitrogens with zero attached hydrogens (tertiary/aromatic N) is 2. The second kappa shape index (κ2) is 6.41. The predicted molar refractivity (Wildman–Crippen MR) is 58.1 cm³/mol. The van der Waals surface area contributed by atoms with Gasteiger partial charge in [-0.2, -0.15) is 5.26 Å². The highest BCUT2D eigenvalue weighted by atomic mass is 16.2. The monoisotopic (exact) mass is 209 g/mol. The molecule has 1 aliphatic carbocycles. The van der Waals surface area contributed by atoms with Gasteiger partial charge in [-0.3, -0.25) is 9.69 Å². The van der Waals surface area contributed by atoms with Gasteiger partial charge in [0, 0.05) is 12.6 Å². The van der Waals surface area contributed by atoms with E-state index in [9.17, 15) is 4.79 Å². The van der Waals surface area contributed by atoms with E-state index in [4.69, 9.17) is 5.26 Å². The normalized spacial score (nSPS) is 16.6. The second-order valence-corrected chi connectivity index (χ2v) is 3.95. The Morgan fingerprint density at radius 1 is 1.53 bits per heavy atom. The maximum Gasteiger partial charge on any atom is 0.234 e. The Bertz CT molecular complexity index is 241. The Hall–Kier alpha value is -1.08. The first-order valence-electron chi connectivity index (χ1n) is 5.65. The van der Waals surface area contributed by atoms with Gasteiger partial charge in [-0.25, -0.2) is 0 Å². The number of hydrogen-bond donors (Lipinski definition) is 1. The molecular formula is C11H19N3O. The fourth-order valence-electron chi connectivity index (χ4n) is 2.11. The molecular weight excluding hydrogens is 190 g/mol. The first-order chi connectivity index (χ1) is 7.27. The van der Waals surface area contributed by atoms with Gasteiger partial charge in [-0.1, -0.05) is 12.8 Å². The zero-order valence-corrected chi connectivity index (χ0v) is 9.33. The van der Waals surface area contributed by atoms with Gasteiger partial charge in [0.25, 0.3) is 0 Å². The highest BCUT2D eigenvalue weighted by molar-refractivity contribution is 5.78. The molecule has 1 rings (SSSR count). The minimum Gasteiger partial charge on any atom is -0.355 e. The molecule has 0 atom stereocenters. The van der Waals surface area contributed by atoms with Crippen LogP contribution < -0.4 is 5.32 Å². The van der Waals surface area contributed by atoms with Gasteiger partial charge in [0.1, 0.15) is 0 Å². The molecule has 0 spiro atoms. The van der Waals surface area contributed by atoms with Crippen LogP contribution in [0.2, 0.25) is 0 Å². The largest absolute Gasteiger partial charge is 0.355 e. The molecule has 0 unspecified atom stereocenters. The molecule has 1 fully saturated rings. The van der Waals surface area contributed by atoms with Gasteiger partial charge >= 0.3 is 0 Å². The number of hydrogen-bond acceptors (Lipinski definition) is 3. The summed E-state index contributed by atoms with van der Waals surface area (Å²) >= 11 is 0. The standard InChI is InChI=1S/C11H19N3O/c1-2-13-11(15)9-14(8-7-12)10-5-3-4-6-10/h10H,2-6,8-9H2,1H3,(H,13,15). The maximum absolute atomic E-state index is 11.4. The molecule has 84 valence electrons. The molecule has 1 amide bonds. The summed E-state index contributed by atoms with van der Waals surface area (Å²) in [5.41, 5.74) is 0. The third-order valence-corrected chi connectivity index (χ3v) is 2.84. The third kappa shape index (κ3) is 3.88. The molecule has 1 aliphatic rings. The van der Waals surface area contributed by atoms with Crippen LogP contribution in [0.4, 0.5) is 0 Å². The maximum atomic E-state index is 11.4. The summed E-state index contributed by atoms with van der Waals surface area (Å²) in [7, 11) is 0. The number of carbonyl (C=O) groups excluding carboxylic acids is 1. The van der Waals surface area contributed by atoms with Crippen molar-refractivity contribution in [3.8, 4) is 6.07 Å². The molecule has 1 saturated carbocycles. The summed E-state index contributed by atoms with van der Waals surface area (Å²) < 4.78 is 0. The summed E-state index contributed by atoms with van der Waals surface area (Å²) in [5.74, 6) is 0.0275. The molecule has 0 aliphatic heterocycles. The minimum absolute atomic E-state index is 0.0275. The van der Waals surface area contributed by atoms with Gasteiger partial charge in [-0.15, -0.1) is 0 Å². The molecule has 0 aromatic carbocycles. The molecule has 4 nitrogen and oxygen atoms in total. The van der Waals surface area contributed by atoms with Crippen molar-refractivity contribution in [3.05, 3.63) is 0 Å². The summed E-state index contributed by atoms with van der Waals surface area (Å²) in [6.45, 7) is 3.29. The number of carbonyl (C=O) groups is 1. The number of amides is 1. The fourth-order valence-corrected chi connectivity index (χ4v) is 2.11. The Kier molecular flexibility index (Phi) is 5.13. The first kappa shape index (κ1) is 12.0. The van der Waals surface area contributed by atoms with Crippen LogP contribution >= 0.6 is 0 Å². The molecule has 1 N–H and O–H groups in total. The molecule has 4 heteroatoms. The van der Waals surface area contributed by atoms with Crippen LogP contribution in [0, 0.1) is 11.3 Å². The van der Waals surface area contributed by atoms with Crippen molar-refractivity contribution in [3.63, 3.8) is 0 Å². The van der Waals surface area contributed by atoms with E-state index in [0.29, 0.717) is 25.7 Å². The predicted octanol–water partition coefficient (Wildman–Crippen LogP) is 0.891. The lowest BCUT2D eigenvalue weighted by molar-refractivity contribution is -0.122. The lowest BCUT2D eigenvalue weighted by atomic mass is 10.2. The van der Waals surface area contributed by atoms with Crippen LogP contribution in [0.25, 0.3) is 0 Å². The van der Waals surface area contributed by atoms with Crippen LogP contribution in [0.1, 0.15) is 32.6 Å². The zero-order valence-electron chi connectivity index (χ0n) is 9.33. The molecule has 0 bridgehead atoms. The number of nitriles is 1. The van der Waals surface area contributed by atoms with Crippen molar-refractivity contribution in [2.75, 3.05) is 19.6 Å². The van der Waals surface area contributed by atoms with Crippen LogP contribution in [-0.2, 0) is 4.79 Å². The van der Waals surface area contributed by atoms with E-state index in [0.717, 1.165) is 12.8 Å². The van der Waals surface area contributed by atoms with Crippen LogP contribution in [0.15, 0.2) is 0 Å². The molecule has 0 aromatic rings. The average molecular weight is 209 g/mol. The Balaban J connectivity index is 2.42. The molecule has 0 radical (unpaired) electrons. The highest BCUT2D eigenvalue weighted by Crippen LogP contribution is 2.22. The number of rotatable bonds is 5. The Labute approximate surface area is 91.2 Å². The Morgan fingerprint density at radius 2 is 2.20 bits per heavy atom. The van der Waals surface area contributed by atoms with Gasteiger partial charge in [0.15, 0.2) is 0 Å². The van der Waals surface area contributed by atoms with Crippen molar-refractivity contribution in [2.24, 2.45) is 0 Å². The van der Waals surface area contributed by atoms with Crippen LogP contribution in [0.3, 0.4) is 0 Å². The van der Waals surface area contributed by atoms with Gasteiger partial charge in [0.05, 0.1) is 19.2 Å². The summed E-state index contributed by atoms with van der Waals surface area (Å²) in [6.07, 6.45) is 4.70. The lowest BCUT2D eigenvalue weighted by Gasteiger charge is -2.25. The number of nitrogens with one attached hydrogen (secondary N) is 1. The van der Waals surface area contributed by atoms with E-state index in [2.05, 4.69) is 11.4 Å². The fraction of sp³-hybridized carbons (Fsp3) is 0.818. The quantitative estimate of drug-likeness (QED) is 0.684. The highest BCUT2D eigenvalue weighted by Gasteiger charge is 2.23. The van der Waals surface area contributed by atoms with E-state index >= 15 is 0 Å². The van der Waals surface area contributed by atoms with Crippen molar-refractivity contribution < 1.29 is 4.79 Å². The van der Waals surface area contributed by atoms with Crippen molar-refractivity contribution in [1.29, 1.82) is 5.26 Å². The zero-order chi connectivity index (χ0) is 11.1. The van der Waals surface area contributed by atoms with E-state index in [1.165, 1.54) is 12.8 Å². The van der Waals surface area contributed by atoms with E-state index < -0.39 is 0 Å². The number of likely N-dealkylation sites (N-methyl/N-ethyl adjacent to an activating group) is 1. The third-order valence-electron chi connectivity index (χ3n) is 2.84. The smallest absolute Gasteiger partial charge is 0.234 e. The van der Waals surface area contributed by atoms with Gasteiger partial charge in [-0.05, 0) is 19.8 Å². The average Bonchev–Trinajstić information content (AvgIpc) is 2.70. The van der Waals surface area contributed by atoms with Crippen molar-refractivity contribution >= 4 is 5.91 Å². The summed E-state index contributed by atoms with van der Waals surface area (Å²) in [4.78, 5) is 13.4. The lowest BCUT2D eigenvalue weighted by Crippen LogP contribution is -2.42. The van der Waals surface area contributed by atoms with Crippen LogP contribution in [0.5, 0.6) is 0 Å². The minimum atomic E-state index is 0.0275. The first-order valence-corrected chi connectivity index (χ1v) is 5.65. The second-order valence-electron chi connectivity index (χ2n) is 3.95. The van der Waals surface area contributed by atoms with Gasteiger partial charge in [0.2, 0.25) is 5.91 Å². The van der Waals surface area contributed by atoms with E-state index in [1.807, 2.05) is 11.8 Å². The summed E-state index contributed by atoms with van der Waals surface area (Å²) in [6, 6.07) is 2.58. The summed E-state index contributed by atoms with van der Waals surface area (Å²) in [5, 5.41) is 11.5. The Morgan fingerprint density at radius 3 is 2.73 bits per heavy atom. The SMILES string of the molecule is CCNC(=O)CN(CC#N)C1CCCC1. The van der Waals surface area contributed by atoms with Gasteiger partial charge < -0.3 is 5.32 Å². The van der Waals surface area contributed by atoms with E-state index in [1.54, 1.807) is 0 Å². The topological polar surface area (TPSA) is 56.1 Å². The van der Waals surface area contributed by atoms with E-state index in [-0.39, 0.29) is 5.91 Å². The molecule has 0 saturated heterocycles. The van der Waals surface area contributed by atoms with Crippen molar-refractivity contribution in [2.45, 2.75) is 38.6 Å². The molecule has 0 aromatic heterocycles. The van der Waals surface area contributed by atoms with Crippen molar-refractivity contribution in [1.82, 2.24) is 10.2 Å².